The molecule has 0 bridgehead atoms. The number of thioether (sulfide) groups is 1. The van der Waals surface area contributed by atoms with Gasteiger partial charge in [0.25, 0.3) is 5.91 Å². The second-order valence-electron chi connectivity index (χ2n) is 10.3. The third kappa shape index (κ3) is 7.21. The third-order valence-electron chi connectivity index (χ3n) is 7.40. The number of nitrogens with zero attached hydrogens (tertiary/aromatic N) is 2. The largest absolute Gasteiger partial charge is 0.392 e. The van der Waals surface area contributed by atoms with Crippen molar-refractivity contribution in [3.63, 3.8) is 0 Å². The second-order valence-corrected chi connectivity index (χ2v) is 11.3. The Bertz CT molecular complexity index is 1610. The second kappa shape index (κ2) is 13.8. The predicted octanol–water partition coefficient (Wildman–Crippen LogP) is 6.23. The fourth-order valence-corrected chi connectivity index (χ4v) is 5.90. The van der Waals surface area contributed by atoms with Crippen LogP contribution in [0, 0.1) is 0 Å². The number of aliphatic hydroxyl groups excluding tert-OH is 1. The highest BCUT2D eigenvalue weighted by atomic mass is 32.2. The lowest BCUT2D eigenvalue weighted by Crippen LogP contribution is -2.31. The minimum atomic E-state index is -0.550. The van der Waals surface area contributed by atoms with Gasteiger partial charge in [0.1, 0.15) is 6.33 Å². The molecule has 1 aliphatic rings. The number of ether oxygens (including phenoxy) is 2. The van der Waals surface area contributed by atoms with E-state index in [0.717, 1.165) is 38.5 Å². The molecule has 5 aromatic rings. The molecule has 0 saturated carbocycles. The number of carbonyl (C=O) groups is 1. The molecule has 6 rings (SSSR count). The summed E-state index contributed by atoms with van der Waals surface area (Å²) in [6, 6.07) is 33.4. The van der Waals surface area contributed by atoms with Gasteiger partial charge >= 0.3 is 0 Å². The van der Waals surface area contributed by atoms with Gasteiger partial charge in [0.05, 0.1) is 18.8 Å². The van der Waals surface area contributed by atoms with Crippen molar-refractivity contribution in [2.24, 2.45) is 0 Å². The van der Waals surface area contributed by atoms with Crippen LogP contribution in [0.15, 0.2) is 115 Å². The SMILES string of the molecule is O=C(NCc1ccccc1-c1ccc([C@H]2O[C@@H](CSc3ncn[nH]3)C[C@@H](c3ccc(CO)cc3)O2)cc1)c1ccccc1. The fourth-order valence-electron chi connectivity index (χ4n) is 5.10. The van der Waals surface area contributed by atoms with Crippen molar-refractivity contribution in [1.82, 2.24) is 20.5 Å². The van der Waals surface area contributed by atoms with E-state index in [1.54, 1.807) is 11.8 Å². The van der Waals surface area contributed by atoms with Crippen molar-refractivity contribution in [2.75, 3.05) is 5.75 Å². The van der Waals surface area contributed by atoms with Crippen molar-refractivity contribution in [3.8, 4) is 11.1 Å². The summed E-state index contributed by atoms with van der Waals surface area (Å²) in [7, 11) is 0. The van der Waals surface area contributed by atoms with Crippen LogP contribution in [0.4, 0.5) is 0 Å². The van der Waals surface area contributed by atoms with Gasteiger partial charge in [-0.2, -0.15) is 5.10 Å². The van der Waals surface area contributed by atoms with E-state index >= 15 is 0 Å². The molecule has 4 aromatic carbocycles. The van der Waals surface area contributed by atoms with Gasteiger partial charge in [-0.25, -0.2) is 4.98 Å². The summed E-state index contributed by atoms with van der Waals surface area (Å²) in [6.45, 7) is 0.421. The highest BCUT2D eigenvalue weighted by Gasteiger charge is 2.32. The summed E-state index contributed by atoms with van der Waals surface area (Å²) in [5.74, 6) is 0.592. The molecule has 0 aliphatic carbocycles. The van der Waals surface area contributed by atoms with Crippen LogP contribution in [0.3, 0.4) is 0 Å². The Hall–Kier alpha value is -4.28. The predicted molar refractivity (Wildman–Crippen MR) is 165 cm³/mol. The third-order valence-corrected chi connectivity index (χ3v) is 8.41. The first kappa shape index (κ1) is 28.8. The smallest absolute Gasteiger partial charge is 0.251 e. The fraction of sp³-hybridized carbons (Fsp3) is 0.206. The normalized spacial score (nSPS) is 18.3. The lowest BCUT2D eigenvalue weighted by molar-refractivity contribution is -0.245. The molecule has 3 N–H and O–H groups in total. The quantitative estimate of drug-likeness (QED) is 0.165. The number of carbonyl (C=O) groups excluding carboxylic acids is 1. The molecule has 2 heterocycles. The molecule has 1 amide bonds. The topological polar surface area (TPSA) is 109 Å². The van der Waals surface area contributed by atoms with Crippen LogP contribution in [-0.4, -0.2) is 38.1 Å². The Morgan fingerprint density at radius 2 is 1.65 bits per heavy atom. The van der Waals surface area contributed by atoms with Crippen LogP contribution < -0.4 is 5.32 Å². The maximum Gasteiger partial charge on any atom is 0.251 e. The maximum atomic E-state index is 12.6. The molecular weight excluding hydrogens is 560 g/mol. The first-order chi connectivity index (χ1) is 21.2. The lowest BCUT2D eigenvalue weighted by Gasteiger charge is -2.36. The maximum absolute atomic E-state index is 12.6. The van der Waals surface area contributed by atoms with Crippen LogP contribution in [-0.2, 0) is 22.6 Å². The molecule has 0 radical (unpaired) electrons. The van der Waals surface area contributed by atoms with Gasteiger partial charge in [0, 0.05) is 29.8 Å². The van der Waals surface area contributed by atoms with E-state index in [-0.39, 0.29) is 24.7 Å². The van der Waals surface area contributed by atoms with Crippen LogP contribution in [0.25, 0.3) is 11.1 Å². The van der Waals surface area contributed by atoms with Crippen molar-refractivity contribution in [2.45, 2.75) is 43.2 Å². The van der Waals surface area contributed by atoms with E-state index in [0.29, 0.717) is 24.3 Å². The van der Waals surface area contributed by atoms with Crippen LogP contribution in [0.5, 0.6) is 0 Å². The van der Waals surface area contributed by atoms with Gasteiger partial charge in [-0.3, -0.25) is 9.89 Å². The molecular formula is C34H32N4O4S. The summed E-state index contributed by atoms with van der Waals surface area (Å²) in [4.78, 5) is 16.8. The molecule has 3 atom stereocenters. The lowest BCUT2D eigenvalue weighted by atomic mass is 9.97. The zero-order chi connectivity index (χ0) is 29.4. The van der Waals surface area contributed by atoms with E-state index in [9.17, 15) is 9.90 Å². The number of H-pyrrole nitrogens is 1. The molecule has 1 aliphatic heterocycles. The number of aliphatic hydroxyl groups is 1. The van der Waals surface area contributed by atoms with Crippen molar-refractivity contribution in [3.05, 3.63) is 137 Å². The molecule has 9 heteroatoms. The number of hydrogen-bond acceptors (Lipinski definition) is 7. The van der Waals surface area contributed by atoms with Crippen LogP contribution in [0.1, 0.15) is 51.4 Å². The number of rotatable bonds is 10. The molecule has 43 heavy (non-hydrogen) atoms. The Morgan fingerprint density at radius 1 is 0.907 bits per heavy atom. The Labute approximate surface area is 254 Å². The summed E-state index contributed by atoms with van der Waals surface area (Å²) >= 11 is 1.57. The monoisotopic (exact) mass is 592 g/mol. The molecule has 1 aromatic heterocycles. The van der Waals surface area contributed by atoms with Crippen LogP contribution >= 0.6 is 11.8 Å². The van der Waals surface area contributed by atoms with Gasteiger partial charge in [-0.15, -0.1) is 0 Å². The van der Waals surface area contributed by atoms with E-state index in [1.807, 2.05) is 84.9 Å². The number of nitrogens with one attached hydrogen (secondary N) is 2. The highest BCUT2D eigenvalue weighted by molar-refractivity contribution is 7.99. The number of aromatic nitrogens is 3. The summed E-state index contributed by atoms with van der Waals surface area (Å²) in [5.41, 5.74) is 6.58. The zero-order valence-electron chi connectivity index (χ0n) is 23.4. The van der Waals surface area contributed by atoms with E-state index in [1.165, 1.54) is 6.33 Å². The average molecular weight is 593 g/mol. The Morgan fingerprint density at radius 3 is 2.40 bits per heavy atom. The number of benzene rings is 4. The number of amides is 1. The van der Waals surface area contributed by atoms with Gasteiger partial charge < -0.3 is 19.9 Å². The summed E-state index contributed by atoms with van der Waals surface area (Å²) in [6.07, 6.45) is 1.39. The van der Waals surface area contributed by atoms with Crippen molar-refractivity contribution < 1.29 is 19.4 Å². The van der Waals surface area contributed by atoms with Crippen molar-refractivity contribution >= 4 is 17.7 Å². The van der Waals surface area contributed by atoms with Gasteiger partial charge in [0.2, 0.25) is 0 Å². The minimum Gasteiger partial charge on any atom is -0.392 e. The molecule has 0 spiro atoms. The summed E-state index contributed by atoms with van der Waals surface area (Å²) < 4.78 is 12.9. The Kier molecular flexibility index (Phi) is 9.25. The van der Waals surface area contributed by atoms with Gasteiger partial charge in [-0.05, 0) is 39.9 Å². The summed E-state index contributed by atoms with van der Waals surface area (Å²) in [5, 5.41) is 20.1. The van der Waals surface area contributed by atoms with Crippen LogP contribution in [0.2, 0.25) is 0 Å². The average Bonchev–Trinajstić information content (AvgIpc) is 3.61. The van der Waals surface area contributed by atoms with E-state index < -0.39 is 6.29 Å². The molecule has 218 valence electrons. The van der Waals surface area contributed by atoms with Crippen molar-refractivity contribution in [1.29, 1.82) is 0 Å². The van der Waals surface area contributed by atoms with Gasteiger partial charge in [-0.1, -0.05) is 103 Å². The van der Waals surface area contributed by atoms with E-state index in [4.69, 9.17) is 9.47 Å². The first-order valence-electron chi connectivity index (χ1n) is 14.2. The molecule has 0 unspecified atom stereocenters. The highest BCUT2D eigenvalue weighted by Crippen LogP contribution is 2.39. The first-order valence-corrected chi connectivity index (χ1v) is 15.1. The zero-order valence-corrected chi connectivity index (χ0v) is 24.2. The molecule has 8 nitrogen and oxygen atoms in total. The Balaban J connectivity index is 1.18. The standard InChI is InChI=1S/C34H32N4O4S/c39-20-23-10-12-25(13-11-23)31-18-29(21-43-34-36-22-37-38-34)41-33(42-31)27-16-14-24(15-17-27)30-9-5-4-8-28(30)19-35-32(40)26-6-2-1-3-7-26/h1-17,22,29,31,33,39H,18-21H2,(H,35,40)(H,36,37,38)/t29-,31+,33+/m1/s1. The number of aromatic amines is 1. The molecule has 1 saturated heterocycles. The minimum absolute atomic E-state index is 0.00284. The molecule has 1 fully saturated rings. The van der Waals surface area contributed by atoms with E-state index in [2.05, 4.69) is 38.7 Å². The van der Waals surface area contributed by atoms with Gasteiger partial charge in [0.15, 0.2) is 11.4 Å². The number of hydrogen-bond donors (Lipinski definition) is 3.